The third kappa shape index (κ3) is 2.84. The Morgan fingerprint density at radius 3 is 2.58 bits per heavy atom. The lowest BCUT2D eigenvalue weighted by Crippen LogP contribution is -2.32. The van der Waals surface area contributed by atoms with Crippen molar-refractivity contribution in [1.29, 1.82) is 0 Å². The maximum Gasteiger partial charge on any atom is 0.261 e. The molecule has 0 fully saturated rings. The molecule has 1 aromatic heterocycles. The van der Waals surface area contributed by atoms with Crippen LogP contribution in [-0.2, 0) is 6.54 Å². The average Bonchev–Trinajstić information content (AvgIpc) is 2.43. The van der Waals surface area contributed by atoms with Gasteiger partial charge in [0, 0.05) is 13.1 Å². The molecule has 102 valence electrons. The topological polar surface area (TPSA) is 38.1 Å². The third-order valence-electron chi connectivity index (χ3n) is 3.59. The van der Waals surface area contributed by atoms with Gasteiger partial charge in [0.15, 0.2) is 0 Å². The average molecular weight is 259 g/mol. The highest BCUT2D eigenvalue weighted by Gasteiger charge is 2.08. The molecule has 0 saturated carbocycles. The Kier molecular flexibility index (Phi) is 4.32. The highest BCUT2D eigenvalue weighted by atomic mass is 16.1. The molecule has 1 aromatic carbocycles. The van der Waals surface area contributed by atoms with E-state index in [4.69, 9.17) is 0 Å². The molecule has 0 saturated heterocycles. The molecule has 4 nitrogen and oxygen atoms in total. The van der Waals surface area contributed by atoms with E-state index in [0.717, 1.165) is 31.0 Å². The van der Waals surface area contributed by atoms with Crippen LogP contribution in [0.15, 0.2) is 29.1 Å². The van der Waals surface area contributed by atoms with Crippen molar-refractivity contribution in [3.8, 4) is 0 Å². The van der Waals surface area contributed by atoms with E-state index < -0.39 is 0 Å². The maximum atomic E-state index is 12.4. The third-order valence-corrected chi connectivity index (χ3v) is 3.59. The first-order valence-electron chi connectivity index (χ1n) is 6.86. The predicted octanol–water partition coefficient (Wildman–Crippen LogP) is 2.05. The second kappa shape index (κ2) is 5.97. The Bertz CT molecular complexity index is 614. The predicted molar refractivity (Wildman–Crippen MR) is 78.5 cm³/mol. The number of para-hydroxylation sites is 1. The van der Waals surface area contributed by atoms with Gasteiger partial charge in [0.05, 0.1) is 10.9 Å². The number of aryl methyl sites for hydroxylation is 1. The number of nitrogens with zero attached hydrogens (tertiary/aromatic N) is 3. The van der Waals surface area contributed by atoms with Crippen molar-refractivity contribution in [2.75, 3.05) is 19.6 Å². The molecule has 19 heavy (non-hydrogen) atoms. The Balaban J connectivity index is 2.35. The van der Waals surface area contributed by atoms with Crippen LogP contribution in [0.1, 0.15) is 19.7 Å². The summed E-state index contributed by atoms with van der Waals surface area (Å²) in [5, 5.41) is 0.702. The van der Waals surface area contributed by atoms with Crippen LogP contribution in [0.4, 0.5) is 0 Å². The fourth-order valence-electron chi connectivity index (χ4n) is 2.32. The molecule has 0 bridgehead atoms. The number of aromatic nitrogens is 2. The van der Waals surface area contributed by atoms with Crippen LogP contribution in [0.3, 0.4) is 0 Å². The van der Waals surface area contributed by atoms with Crippen molar-refractivity contribution in [2.24, 2.45) is 0 Å². The van der Waals surface area contributed by atoms with Gasteiger partial charge in [-0.15, -0.1) is 0 Å². The van der Waals surface area contributed by atoms with Gasteiger partial charge >= 0.3 is 0 Å². The molecule has 0 spiro atoms. The molecule has 0 atom stereocenters. The molecule has 0 amide bonds. The standard InChI is InChI=1S/C15H21N3O/c1-4-17(5-2)10-11-18-12(3)16-14-9-7-6-8-13(14)15(18)19/h6-9H,4-5,10-11H2,1-3H3. The van der Waals surface area contributed by atoms with Gasteiger partial charge in [-0.1, -0.05) is 26.0 Å². The van der Waals surface area contributed by atoms with Gasteiger partial charge in [-0.2, -0.15) is 0 Å². The van der Waals surface area contributed by atoms with Gasteiger partial charge in [0.25, 0.3) is 5.56 Å². The molecule has 0 aliphatic rings. The van der Waals surface area contributed by atoms with Crippen LogP contribution >= 0.6 is 0 Å². The molecule has 1 heterocycles. The number of hydrogen-bond acceptors (Lipinski definition) is 3. The molecule has 2 aromatic rings. The zero-order valence-electron chi connectivity index (χ0n) is 11.9. The van der Waals surface area contributed by atoms with E-state index in [9.17, 15) is 4.79 Å². The molecule has 0 aliphatic heterocycles. The molecule has 4 heteroatoms. The Morgan fingerprint density at radius 1 is 1.21 bits per heavy atom. The highest BCUT2D eigenvalue weighted by Crippen LogP contribution is 2.07. The van der Waals surface area contributed by atoms with E-state index >= 15 is 0 Å². The lowest BCUT2D eigenvalue weighted by atomic mass is 10.2. The summed E-state index contributed by atoms with van der Waals surface area (Å²) in [4.78, 5) is 19.3. The quantitative estimate of drug-likeness (QED) is 0.825. The van der Waals surface area contributed by atoms with Crippen LogP contribution in [0.25, 0.3) is 10.9 Å². The van der Waals surface area contributed by atoms with Gasteiger partial charge in [-0.05, 0) is 32.1 Å². The van der Waals surface area contributed by atoms with E-state index in [-0.39, 0.29) is 5.56 Å². The van der Waals surface area contributed by atoms with Crippen LogP contribution in [0.5, 0.6) is 0 Å². The summed E-state index contributed by atoms with van der Waals surface area (Å²) in [6.07, 6.45) is 0. The number of rotatable bonds is 5. The Morgan fingerprint density at radius 2 is 1.89 bits per heavy atom. The molecule has 0 N–H and O–H groups in total. The van der Waals surface area contributed by atoms with Gasteiger partial charge in [0.2, 0.25) is 0 Å². The highest BCUT2D eigenvalue weighted by molar-refractivity contribution is 5.77. The normalized spacial score (nSPS) is 11.4. The molecular formula is C15H21N3O. The summed E-state index contributed by atoms with van der Waals surface area (Å²) >= 11 is 0. The summed E-state index contributed by atoms with van der Waals surface area (Å²) in [6, 6.07) is 7.53. The summed E-state index contributed by atoms with van der Waals surface area (Å²) in [5.41, 5.74) is 0.847. The molecule has 2 rings (SSSR count). The summed E-state index contributed by atoms with van der Waals surface area (Å²) in [6.45, 7) is 9.76. The maximum absolute atomic E-state index is 12.4. The first-order chi connectivity index (χ1) is 9.17. The van der Waals surface area contributed by atoms with Crippen molar-refractivity contribution in [1.82, 2.24) is 14.5 Å². The molecule has 0 radical (unpaired) electrons. The minimum absolute atomic E-state index is 0.0651. The second-order valence-electron chi connectivity index (χ2n) is 4.66. The molecule has 0 unspecified atom stereocenters. The monoisotopic (exact) mass is 259 g/mol. The first-order valence-corrected chi connectivity index (χ1v) is 6.86. The van der Waals surface area contributed by atoms with Crippen LogP contribution in [-0.4, -0.2) is 34.1 Å². The minimum atomic E-state index is 0.0651. The largest absolute Gasteiger partial charge is 0.302 e. The Hall–Kier alpha value is -1.68. The Labute approximate surface area is 113 Å². The van der Waals surface area contributed by atoms with E-state index in [2.05, 4.69) is 23.7 Å². The van der Waals surface area contributed by atoms with Crippen molar-refractivity contribution in [3.63, 3.8) is 0 Å². The SMILES string of the molecule is CCN(CC)CCn1c(C)nc2ccccc2c1=O. The summed E-state index contributed by atoms with van der Waals surface area (Å²) in [7, 11) is 0. The second-order valence-corrected chi connectivity index (χ2v) is 4.66. The summed E-state index contributed by atoms with van der Waals surface area (Å²) in [5.74, 6) is 0.788. The molecule has 0 aliphatic carbocycles. The summed E-state index contributed by atoms with van der Waals surface area (Å²) < 4.78 is 1.78. The zero-order valence-corrected chi connectivity index (χ0v) is 11.9. The minimum Gasteiger partial charge on any atom is -0.302 e. The van der Waals surface area contributed by atoms with E-state index in [0.29, 0.717) is 11.9 Å². The lowest BCUT2D eigenvalue weighted by Gasteiger charge is -2.19. The van der Waals surface area contributed by atoms with E-state index in [1.54, 1.807) is 4.57 Å². The smallest absolute Gasteiger partial charge is 0.261 e. The van der Waals surface area contributed by atoms with Gasteiger partial charge in [-0.3, -0.25) is 9.36 Å². The van der Waals surface area contributed by atoms with Crippen molar-refractivity contribution < 1.29 is 0 Å². The van der Waals surface area contributed by atoms with Crippen molar-refractivity contribution >= 4 is 10.9 Å². The zero-order chi connectivity index (χ0) is 13.8. The fraction of sp³-hybridized carbons (Fsp3) is 0.467. The van der Waals surface area contributed by atoms with E-state index in [1.165, 1.54) is 0 Å². The lowest BCUT2D eigenvalue weighted by molar-refractivity contribution is 0.287. The van der Waals surface area contributed by atoms with Crippen LogP contribution in [0.2, 0.25) is 0 Å². The fourth-order valence-corrected chi connectivity index (χ4v) is 2.32. The number of hydrogen-bond donors (Lipinski definition) is 0. The van der Waals surface area contributed by atoms with Gasteiger partial charge in [0.1, 0.15) is 5.82 Å². The van der Waals surface area contributed by atoms with Gasteiger partial charge < -0.3 is 4.90 Å². The van der Waals surface area contributed by atoms with Crippen LogP contribution < -0.4 is 5.56 Å². The molecular weight excluding hydrogens is 238 g/mol. The number of likely N-dealkylation sites (N-methyl/N-ethyl adjacent to an activating group) is 1. The number of benzene rings is 1. The van der Waals surface area contributed by atoms with Gasteiger partial charge in [-0.25, -0.2) is 4.98 Å². The first kappa shape index (κ1) is 13.7. The van der Waals surface area contributed by atoms with Crippen molar-refractivity contribution in [2.45, 2.75) is 27.3 Å². The van der Waals surface area contributed by atoms with E-state index in [1.807, 2.05) is 31.2 Å². The van der Waals surface area contributed by atoms with Crippen LogP contribution in [0, 0.1) is 6.92 Å². The number of fused-ring (bicyclic) bond motifs is 1. The van der Waals surface area contributed by atoms with Crippen molar-refractivity contribution in [3.05, 3.63) is 40.4 Å².